The molecule has 0 amide bonds. The molecule has 2 aromatic carbocycles. The van der Waals surface area contributed by atoms with Crippen LogP contribution in [-0.2, 0) is 17.6 Å². The summed E-state index contributed by atoms with van der Waals surface area (Å²) in [5.74, 6) is -0.120. The average Bonchev–Trinajstić information content (AvgIpc) is 2.85. The molecule has 0 saturated heterocycles. The van der Waals surface area contributed by atoms with E-state index in [0.29, 0.717) is 12.8 Å². The Kier molecular flexibility index (Phi) is 3.61. The molecule has 20 heavy (non-hydrogen) atoms. The first-order valence-corrected chi connectivity index (χ1v) is 7.31. The summed E-state index contributed by atoms with van der Waals surface area (Å²) in [5.41, 5.74) is 1.94. The van der Waals surface area contributed by atoms with E-state index in [9.17, 15) is 9.18 Å². The van der Waals surface area contributed by atoms with Gasteiger partial charge in [-0.1, -0.05) is 30.3 Å². The van der Waals surface area contributed by atoms with Gasteiger partial charge in [0.15, 0.2) is 0 Å². The predicted octanol–water partition coefficient (Wildman–Crippen LogP) is 4.39. The first-order chi connectivity index (χ1) is 9.72. The molecule has 0 aliphatic heterocycles. The van der Waals surface area contributed by atoms with Gasteiger partial charge in [-0.3, -0.25) is 4.79 Å². The van der Waals surface area contributed by atoms with Gasteiger partial charge in [0.05, 0.1) is 0 Å². The van der Waals surface area contributed by atoms with Crippen molar-refractivity contribution in [1.82, 2.24) is 0 Å². The largest absolute Gasteiger partial charge is 0.299 e. The molecule has 0 N–H and O–H groups in total. The fourth-order valence-corrected chi connectivity index (χ4v) is 3.24. The van der Waals surface area contributed by atoms with Crippen LogP contribution in [0.3, 0.4) is 0 Å². The highest BCUT2D eigenvalue weighted by atomic mass is 32.1. The Hall–Kier alpha value is -2.00. The number of thiophene rings is 1. The van der Waals surface area contributed by atoms with Gasteiger partial charge in [-0.05, 0) is 40.1 Å². The summed E-state index contributed by atoms with van der Waals surface area (Å²) in [7, 11) is 0. The molecule has 0 radical (unpaired) electrons. The topological polar surface area (TPSA) is 17.1 Å². The van der Waals surface area contributed by atoms with E-state index in [1.54, 1.807) is 23.5 Å². The third-order valence-electron chi connectivity index (χ3n) is 3.26. The van der Waals surface area contributed by atoms with Gasteiger partial charge < -0.3 is 0 Å². The lowest BCUT2D eigenvalue weighted by molar-refractivity contribution is -0.117. The highest BCUT2D eigenvalue weighted by molar-refractivity contribution is 7.17. The fraction of sp³-hybridized carbons (Fsp3) is 0.118. The summed E-state index contributed by atoms with van der Waals surface area (Å²) in [4.78, 5) is 12.1. The summed E-state index contributed by atoms with van der Waals surface area (Å²) in [6, 6.07) is 14.2. The zero-order valence-corrected chi connectivity index (χ0v) is 11.6. The van der Waals surface area contributed by atoms with Gasteiger partial charge in [0, 0.05) is 17.5 Å². The van der Waals surface area contributed by atoms with Crippen molar-refractivity contribution in [1.29, 1.82) is 0 Å². The number of halogens is 1. The van der Waals surface area contributed by atoms with Crippen molar-refractivity contribution in [3.63, 3.8) is 0 Å². The van der Waals surface area contributed by atoms with Gasteiger partial charge in [-0.25, -0.2) is 4.39 Å². The monoisotopic (exact) mass is 284 g/mol. The van der Waals surface area contributed by atoms with Gasteiger partial charge >= 0.3 is 0 Å². The summed E-state index contributed by atoms with van der Waals surface area (Å²) in [6.07, 6.45) is 0.784. The zero-order valence-electron chi connectivity index (χ0n) is 10.8. The summed E-state index contributed by atoms with van der Waals surface area (Å²) < 4.78 is 14.0. The Morgan fingerprint density at radius 3 is 2.55 bits per heavy atom. The van der Waals surface area contributed by atoms with E-state index in [2.05, 4.69) is 6.07 Å². The molecule has 1 aromatic heterocycles. The number of hydrogen-bond donors (Lipinski definition) is 0. The lowest BCUT2D eigenvalue weighted by atomic mass is 10.0. The van der Waals surface area contributed by atoms with Crippen molar-refractivity contribution in [2.24, 2.45) is 0 Å². The minimum absolute atomic E-state index is 0.153. The number of ketones is 1. The van der Waals surface area contributed by atoms with E-state index in [0.717, 1.165) is 16.5 Å². The Morgan fingerprint density at radius 2 is 1.75 bits per heavy atom. The highest BCUT2D eigenvalue weighted by Gasteiger charge is 2.09. The maximum atomic E-state index is 12.8. The SMILES string of the molecule is O=C(Cc1ccc(F)cc1)Cc1csc2ccccc12. The maximum absolute atomic E-state index is 12.8. The second-order valence-corrected chi connectivity index (χ2v) is 5.69. The van der Waals surface area contributed by atoms with Crippen molar-refractivity contribution in [3.05, 3.63) is 70.9 Å². The van der Waals surface area contributed by atoms with Gasteiger partial charge in [-0.15, -0.1) is 11.3 Å². The van der Waals surface area contributed by atoms with E-state index in [1.165, 1.54) is 16.8 Å². The van der Waals surface area contributed by atoms with Crippen molar-refractivity contribution in [2.45, 2.75) is 12.8 Å². The van der Waals surface area contributed by atoms with Crippen LogP contribution in [0, 0.1) is 5.82 Å². The van der Waals surface area contributed by atoms with E-state index < -0.39 is 0 Å². The van der Waals surface area contributed by atoms with E-state index in [4.69, 9.17) is 0 Å². The van der Waals surface area contributed by atoms with Crippen molar-refractivity contribution < 1.29 is 9.18 Å². The Labute approximate surface area is 120 Å². The van der Waals surface area contributed by atoms with Gasteiger partial charge in [0.1, 0.15) is 11.6 Å². The first kappa shape index (κ1) is 13.0. The molecule has 0 unspecified atom stereocenters. The normalized spacial score (nSPS) is 10.8. The highest BCUT2D eigenvalue weighted by Crippen LogP contribution is 2.26. The van der Waals surface area contributed by atoms with Crippen LogP contribution in [0.1, 0.15) is 11.1 Å². The molecule has 1 nitrogen and oxygen atoms in total. The van der Waals surface area contributed by atoms with Crippen LogP contribution >= 0.6 is 11.3 Å². The zero-order chi connectivity index (χ0) is 13.9. The molecule has 100 valence electrons. The molecule has 0 atom stereocenters. The third-order valence-corrected chi connectivity index (χ3v) is 4.28. The molecule has 3 rings (SSSR count). The van der Waals surface area contributed by atoms with Crippen LogP contribution < -0.4 is 0 Å². The van der Waals surface area contributed by atoms with Crippen LogP contribution in [0.15, 0.2) is 53.9 Å². The number of hydrogen-bond acceptors (Lipinski definition) is 2. The number of carbonyl (C=O) groups is 1. The smallest absolute Gasteiger partial charge is 0.141 e. The van der Waals surface area contributed by atoms with Crippen LogP contribution in [-0.4, -0.2) is 5.78 Å². The summed E-state index contributed by atoms with van der Waals surface area (Å²) in [5, 5.41) is 3.21. The molecule has 0 bridgehead atoms. The van der Waals surface area contributed by atoms with E-state index >= 15 is 0 Å². The predicted molar refractivity (Wildman–Crippen MR) is 80.6 cm³/mol. The van der Waals surface area contributed by atoms with Gasteiger partial charge in [-0.2, -0.15) is 0 Å². The maximum Gasteiger partial charge on any atom is 0.141 e. The molecule has 0 saturated carbocycles. The Balaban J connectivity index is 1.74. The Morgan fingerprint density at radius 1 is 1.00 bits per heavy atom. The number of carbonyl (C=O) groups excluding carboxylic acids is 1. The van der Waals surface area contributed by atoms with Gasteiger partial charge in [0.2, 0.25) is 0 Å². The van der Waals surface area contributed by atoms with E-state index in [-0.39, 0.29) is 11.6 Å². The molecule has 3 heteroatoms. The molecule has 0 fully saturated rings. The van der Waals surface area contributed by atoms with Crippen LogP contribution in [0.25, 0.3) is 10.1 Å². The summed E-state index contributed by atoms with van der Waals surface area (Å²) in [6.45, 7) is 0. The number of Topliss-reactive ketones (excluding diaryl/α,β-unsaturated/α-hetero) is 1. The Bertz CT molecular complexity index is 743. The average molecular weight is 284 g/mol. The lowest BCUT2D eigenvalue weighted by Gasteiger charge is -2.01. The van der Waals surface area contributed by atoms with E-state index in [1.807, 2.05) is 23.6 Å². The standard InChI is InChI=1S/C17H13FOS/c18-14-7-5-12(6-8-14)9-15(19)10-13-11-20-17-4-2-1-3-16(13)17/h1-8,11H,9-10H2. The summed E-state index contributed by atoms with van der Waals surface area (Å²) >= 11 is 1.66. The second kappa shape index (κ2) is 5.55. The lowest BCUT2D eigenvalue weighted by Crippen LogP contribution is -2.06. The molecule has 1 heterocycles. The molecule has 3 aromatic rings. The molecular weight excluding hydrogens is 271 g/mol. The van der Waals surface area contributed by atoms with Crippen LogP contribution in [0.4, 0.5) is 4.39 Å². The molecule has 0 spiro atoms. The first-order valence-electron chi connectivity index (χ1n) is 6.43. The number of rotatable bonds is 4. The van der Waals surface area contributed by atoms with Crippen molar-refractivity contribution in [3.8, 4) is 0 Å². The van der Waals surface area contributed by atoms with Crippen molar-refractivity contribution in [2.75, 3.05) is 0 Å². The van der Waals surface area contributed by atoms with Crippen LogP contribution in [0.2, 0.25) is 0 Å². The van der Waals surface area contributed by atoms with Gasteiger partial charge in [0.25, 0.3) is 0 Å². The van der Waals surface area contributed by atoms with Crippen LogP contribution in [0.5, 0.6) is 0 Å². The fourth-order valence-electron chi connectivity index (χ4n) is 2.27. The second-order valence-electron chi connectivity index (χ2n) is 4.78. The number of fused-ring (bicyclic) bond motifs is 1. The third kappa shape index (κ3) is 2.78. The quantitative estimate of drug-likeness (QED) is 0.694. The number of benzene rings is 2. The molecule has 0 aliphatic carbocycles. The minimum atomic E-state index is -0.273. The van der Waals surface area contributed by atoms with Crippen molar-refractivity contribution >= 4 is 27.2 Å². The minimum Gasteiger partial charge on any atom is -0.299 e. The molecule has 0 aliphatic rings. The molecular formula is C17H13FOS.